The molecule has 0 atom stereocenters. The van der Waals surface area contributed by atoms with Crippen LogP contribution in [0.4, 0.5) is 0 Å². The first-order valence-electron chi connectivity index (χ1n) is 8.10. The lowest BCUT2D eigenvalue weighted by molar-refractivity contribution is 0.578. The molecule has 0 unspecified atom stereocenters. The topological polar surface area (TPSA) is 26.0 Å². The van der Waals surface area contributed by atoms with E-state index >= 15 is 0 Å². The molecular formula is C17H37N. The van der Waals surface area contributed by atoms with Crippen molar-refractivity contribution in [2.24, 2.45) is 5.73 Å². The third-order valence-electron chi connectivity index (χ3n) is 3.37. The van der Waals surface area contributed by atoms with Crippen molar-refractivity contribution in [2.75, 3.05) is 6.54 Å². The molecule has 18 heavy (non-hydrogen) atoms. The molecule has 0 aliphatic rings. The summed E-state index contributed by atoms with van der Waals surface area (Å²) in [6.07, 6.45) is 15.6. The Bertz CT molecular complexity index is 147. The Morgan fingerprint density at radius 2 is 1.22 bits per heavy atom. The number of hydrogen-bond donors (Lipinski definition) is 1. The third-order valence-corrected chi connectivity index (χ3v) is 3.37. The minimum atomic E-state index is 0.870. The summed E-state index contributed by atoms with van der Waals surface area (Å²) in [4.78, 5) is 0. The van der Waals surface area contributed by atoms with Gasteiger partial charge in [0.15, 0.2) is 0 Å². The second-order valence-corrected chi connectivity index (χ2v) is 4.92. The zero-order valence-corrected chi connectivity index (χ0v) is 13.4. The highest BCUT2D eigenvalue weighted by atomic mass is 14.5. The monoisotopic (exact) mass is 255 g/mol. The van der Waals surface area contributed by atoms with Crippen LogP contribution in [0.1, 0.15) is 91.9 Å². The zero-order chi connectivity index (χ0) is 14.1. The van der Waals surface area contributed by atoms with Crippen LogP contribution in [0.5, 0.6) is 0 Å². The van der Waals surface area contributed by atoms with Crippen LogP contribution in [-0.2, 0) is 0 Å². The Hall–Kier alpha value is -0.300. The molecule has 0 rings (SSSR count). The normalized spacial score (nSPS) is 9.61. The van der Waals surface area contributed by atoms with Gasteiger partial charge in [-0.3, -0.25) is 0 Å². The summed E-state index contributed by atoms with van der Waals surface area (Å²) < 4.78 is 0. The second-order valence-electron chi connectivity index (χ2n) is 4.92. The van der Waals surface area contributed by atoms with Gasteiger partial charge in [0.25, 0.3) is 0 Å². The first kappa shape index (κ1) is 20.0. The fraction of sp³-hybridized carbons (Fsp3) is 0.882. The van der Waals surface area contributed by atoms with Crippen LogP contribution in [0.3, 0.4) is 0 Å². The molecule has 0 saturated carbocycles. The Kier molecular flexibility index (Phi) is 21.2. The Morgan fingerprint density at radius 1 is 0.778 bits per heavy atom. The summed E-state index contributed by atoms with van der Waals surface area (Å²) in [7, 11) is 0. The lowest BCUT2D eigenvalue weighted by Crippen LogP contribution is -1.97. The van der Waals surface area contributed by atoms with Crippen molar-refractivity contribution >= 4 is 0 Å². The van der Waals surface area contributed by atoms with E-state index < -0.39 is 0 Å². The van der Waals surface area contributed by atoms with Crippen molar-refractivity contribution in [3.05, 3.63) is 11.6 Å². The van der Waals surface area contributed by atoms with Crippen LogP contribution in [-0.4, -0.2) is 6.54 Å². The number of nitrogens with two attached hydrogens (primary N) is 1. The molecule has 0 aromatic heterocycles. The molecule has 110 valence electrons. The van der Waals surface area contributed by atoms with Gasteiger partial charge < -0.3 is 5.73 Å². The minimum absolute atomic E-state index is 0.870. The first-order valence-corrected chi connectivity index (χ1v) is 8.10. The summed E-state index contributed by atoms with van der Waals surface area (Å²) in [6, 6.07) is 0. The van der Waals surface area contributed by atoms with Crippen LogP contribution in [0, 0.1) is 0 Å². The molecule has 2 N–H and O–H groups in total. The smallest absolute Gasteiger partial charge is 0.00773 e. The molecule has 0 heterocycles. The number of allylic oxidation sites excluding steroid dienone is 2. The van der Waals surface area contributed by atoms with Crippen molar-refractivity contribution in [3.63, 3.8) is 0 Å². The molecule has 0 bridgehead atoms. The van der Waals surface area contributed by atoms with Crippen LogP contribution < -0.4 is 5.73 Å². The highest BCUT2D eigenvalue weighted by Gasteiger charge is 1.89. The Balaban J connectivity index is 0. The molecule has 0 amide bonds. The number of rotatable bonds is 10. The maximum absolute atomic E-state index is 5.39. The van der Waals surface area contributed by atoms with Gasteiger partial charge in [-0.2, -0.15) is 0 Å². The van der Waals surface area contributed by atoms with Crippen LogP contribution >= 0.6 is 0 Å². The lowest BCUT2D eigenvalue weighted by atomic mass is 10.1. The van der Waals surface area contributed by atoms with E-state index in [0.29, 0.717) is 0 Å². The molecule has 0 aliphatic heterocycles. The van der Waals surface area contributed by atoms with Crippen molar-refractivity contribution in [2.45, 2.75) is 91.9 Å². The Morgan fingerprint density at radius 3 is 1.50 bits per heavy atom. The summed E-state index contributed by atoms with van der Waals surface area (Å²) in [5, 5.41) is 0. The molecule has 0 aromatic carbocycles. The van der Waals surface area contributed by atoms with Crippen LogP contribution in [0.25, 0.3) is 0 Å². The number of unbranched alkanes of at least 4 members (excludes halogenated alkanes) is 7. The standard InChI is InChI=1S/C10H23N.C7H14/c1-2-3-4-5-6-7-8-9-10-11;1-4-7(5-2)6-3/h2-11H2,1H3;4H,5-6H2,1-3H3. The minimum Gasteiger partial charge on any atom is -0.330 e. The van der Waals surface area contributed by atoms with Gasteiger partial charge in [0, 0.05) is 0 Å². The fourth-order valence-electron chi connectivity index (χ4n) is 1.94. The van der Waals surface area contributed by atoms with Gasteiger partial charge in [-0.25, -0.2) is 0 Å². The van der Waals surface area contributed by atoms with Crippen LogP contribution in [0.15, 0.2) is 11.6 Å². The van der Waals surface area contributed by atoms with Crippen molar-refractivity contribution in [1.82, 2.24) is 0 Å². The summed E-state index contributed by atoms with van der Waals surface area (Å²) in [5.74, 6) is 0. The van der Waals surface area contributed by atoms with E-state index in [-0.39, 0.29) is 0 Å². The van der Waals surface area contributed by atoms with Gasteiger partial charge in [-0.1, -0.05) is 77.4 Å². The molecule has 0 fully saturated rings. The van der Waals surface area contributed by atoms with E-state index in [1.807, 2.05) is 0 Å². The average molecular weight is 255 g/mol. The molecule has 0 radical (unpaired) electrons. The molecule has 0 aliphatic carbocycles. The summed E-state index contributed by atoms with van der Waals surface area (Å²) >= 11 is 0. The predicted octanol–water partition coefficient (Wildman–Crippen LogP) is 5.84. The number of hydrogen-bond acceptors (Lipinski definition) is 1. The van der Waals surface area contributed by atoms with Gasteiger partial charge in [0.2, 0.25) is 0 Å². The molecule has 0 saturated heterocycles. The molecule has 1 nitrogen and oxygen atoms in total. The van der Waals surface area contributed by atoms with E-state index in [4.69, 9.17) is 5.73 Å². The van der Waals surface area contributed by atoms with Crippen LogP contribution in [0.2, 0.25) is 0 Å². The highest BCUT2D eigenvalue weighted by molar-refractivity contribution is 4.97. The van der Waals surface area contributed by atoms with Crippen molar-refractivity contribution < 1.29 is 0 Å². The quantitative estimate of drug-likeness (QED) is 0.385. The summed E-state index contributed by atoms with van der Waals surface area (Å²) in [6.45, 7) is 9.61. The Labute approximate surface area is 116 Å². The van der Waals surface area contributed by atoms with Crippen molar-refractivity contribution in [3.8, 4) is 0 Å². The SMILES string of the molecule is CC=C(CC)CC.CCCCCCCCCCN. The zero-order valence-electron chi connectivity index (χ0n) is 13.4. The van der Waals surface area contributed by atoms with E-state index in [2.05, 4.69) is 33.8 Å². The predicted molar refractivity (Wildman–Crippen MR) is 86.0 cm³/mol. The summed E-state index contributed by atoms with van der Waals surface area (Å²) in [5.41, 5.74) is 6.95. The van der Waals surface area contributed by atoms with E-state index in [0.717, 1.165) is 6.54 Å². The second kappa shape index (κ2) is 19.0. The van der Waals surface area contributed by atoms with E-state index in [9.17, 15) is 0 Å². The fourth-order valence-corrected chi connectivity index (χ4v) is 1.94. The molecule has 0 spiro atoms. The average Bonchev–Trinajstić information content (AvgIpc) is 2.41. The van der Waals surface area contributed by atoms with Gasteiger partial charge in [0.05, 0.1) is 0 Å². The lowest BCUT2D eigenvalue weighted by Gasteiger charge is -1.99. The van der Waals surface area contributed by atoms with Gasteiger partial charge in [-0.05, 0) is 32.7 Å². The maximum Gasteiger partial charge on any atom is -0.00773 e. The van der Waals surface area contributed by atoms with Gasteiger partial charge in [0.1, 0.15) is 0 Å². The molecular weight excluding hydrogens is 218 g/mol. The van der Waals surface area contributed by atoms with Gasteiger partial charge in [-0.15, -0.1) is 0 Å². The molecule has 0 aromatic rings. The maximum atomic E-state index is 5.39. The third kappa shape index (κ3) is 18.1. The van der Waals surface area contributed by atoms with Crippen molar-refractivity contribution in [1.29, 1.82) is 0 Å². The largest absolute Gasteiger partial charge is 0.330 e. The van der Waals surface area contributed by atoms with Gasteiger partial charge >= 0.3 is 0 Å². The van der Waals surface area contributed by atoms with E-state index in [1.165, 1.54) is 64.2 Å². The molecule has 1 heteroatoms. The first-order chi connectivity index (χ1) is 8.76. The van der Waals surface area contributed by atoms with E-state index in [1.54, 1.807) is 5.57 Å². The highest BCUT2D eigenvalue weighted by Crippen LogP contribution is 2.07.